The maximum absolute atomic E-state index is 12.7. The van der Waals surface area contributed by atoms with Crippen molar-refractivity contribution in [2.75, 3.05) is 0 Å². The second-order valence-electron chi connectivity index (χ2n) is 7.88. The van der Waals surface area contributed by atoms with Crippen LogP contribution in [0.1, 0.15) is 36.4 Å². The second-order valence-corrected chi connectivity index (χ2v) is 7.88. The van der Waals surface area contributed by atoms with Crippen molar-refractivity contribution in [2.45, 2.75) is 39.7 Å². The molecule has 33 heavy (non-hydrogen) atoms. The SMILES string of the molecule is CCc1cc2c(ccc(=O)n2Cc2ccc(Oc3ccccc3CC(=O)O)cc2)c(CC)n1. The molecule has 0 spiro atoms. The molecule has 0 saturated heterocycles. The predicted octanol–water partition coefficient (Wildman–Crippen LogP) is 4.99. The summed E-state index contributed by atoms with van der Waals surface area (Å²) in [7, 11) is 0. The lowest BCUT2D eigenvalue weighted by Gasteiger charge is -2.14. The van der Waals surface area contributed by atoms with E-state index in [0.29, 0.717) is 23.6 Å². The van der Waals surface area contributed by atoms with Crippen LogP contribution in [0.25, 0.3) is 10.9 Å². The zero-order chi connectivity index (χ0) is 23.4. The quantitative estimate of drug-likeness (QED) is 0.416. The van der Waals surface area contributed by atoms with E-state index in [-0.39, 0.29) is 12.0 Å². The molecule has 2 aromatic carbocycles. The van der Waals surface area contributed by atoms with E-state index in [2.05, 4.69) is 13.8 Å². The van der Waals surface area contributed by atoms with Crippen molar-refractivity contribution >= 4 is 16.9 Å². The summed E-state index contributed by atoms with van der Waals surface area (Å²) in [6.45, 7) is 4.57. The first-order valence-electron chi connectivity index (χ1n) is 11.1. The molecule has 0 saturated carbocycles. The number of aryl methyl sites for hydroxylation is 2. The highest BCUT2D eigenvalue weighted by Gasteiger charge is 2.11. The molecule has 0 bridgehead atoms. The van der Waals surface area contributed by atoms with Crippen LogP contribution < -0.4 is 10.3 Å². The van der Waals surface area contributed by atoms with Crippen LogP contribution in [-0.4, -0.2) is 20.6 Å². The molecule has 4 aromatic rings. The Morgan fingerprint density at radius 3 is 2.45 bits per heavy atom. The smallest absolute Gasteiger partial charge is 0.307 e. The number of para-hydroxylation sites is 1. The van der Waals surface area contributed by atoms with E-state index in [1.54, 1.807) is 28.8 Å². The lowest BCUT2D eigenvalue weighted by atomic mass is 10.1. The highest BCUT2D eigenvalue weighted by molar-refractivity contribution is 5.82. The van der Waals surface area contributed by atoms with Crippen LogP contribution in [0.2, 0.25) is 0 Å². The minimum absolute atomic E-state index is 0.0549. The lowest BCUT2D eigenvalue weighted by Crippen LogP contribution is -2.20. The summed E-state index contributed by atoms with van der Waals surface area (Å²) in [6, 6.07) is 20.1. The third-order valence-electron chi connectivity index (χ3n) is 5.62. The molecular formula is C27H26N2O4. The average molecular weight is 443 g/mol. The van der Waals surface area contributed by atoms with Gasteiger partial charge in [0.2, 0.25) is 0 Å². The summed E-state index contributed by atoms with van der Waals surface area (Å²) in [5, 5.41) is 10.1. The number of rotatable bonds is 8. The number of aromatic nitrogens is 2. The number of hydrogen-bond donors (Lipinski definition) is 1. The van der Waals surface area contributed by atoms with E-state index in [1.807, 2.05) is 42.5 Å². The number of carbonyl (C=O) groups is 1. The highest BCUT2D eigenvalue weighted by Crippen LogP contribution is 2.26. The number of carboxylic acid groups (broad SMARTS) is 1. The maximum atomic E-state index is 12.7. The fourth-order valence-electron chi connectivity index (χ4n) is 3.92. The van der Waals surface area contributed by atoms with E-state index in [9.17, 15) is 9.59 Å². The molecule has 0 amide bonds. The number of hydrogen-bond acceptors (Lipinski definition) is 4. The van der Waals surface area contributed by atoms with E-state index >= 15 is 0 Å². The van der Waals surface area contributed by atoms with Crippen LogP contribution >= 0.6 is 0 Å². The maximum Gasteiger partial charge on any atom is 0.307 e. The number of pyridine rings is 2. The first-order valence-corrected chi connectivity index (χ1v) is 11.1. The molecule has 0 fully saturated rings. The molecule has 2 aromatic heterocycles. The Morgan fingerprint density at radius 1 is 1.00 bits per heavy atom. The van der Waals surface area contributed by atoms with Crippen molar-refractivity contribution in [1.82, 2.24) is 9.55 Å². The minimum Gasteiger partial charge on any atom is -0.481 e. The van der Waals surface area contributed by atoms with Gasteiger partial charge in [-0.15, -0.1) is 0 Å². The van der Waals surface area contributed by atoms with Gasteiger partial charge in [-0.2, -0.15) is 0 Å². The van der Waals surface area contributed by atoms with E-state index in [4.69, 9.17) is 14.8 Å². The van der Waals surface area contributed by atoms with Crippen molar-refractivity contribution in [1.29, 1.82) is 0 Å². The number of ether oxygens (including phenoxy) is 1. The summed E-state index contributed by atoms with van der Waals surface area (Å²) in [5.41, 5.74) is 4.39. The van der Waals surface area contributed by atoms with Crippen molar-refractivity contribution in [3.8, 4) is 11.5 Å². The fourth-order valence-corrected chi connectivity index (χ4v) is 3.92. The molecule has 0 aliphatic rings. The molecule has 0 aliphatic heterocycles. The van der Waals surface area contributed by atoms with Gasteiger partial charge in [0.05, 0.1) is 18.5 Å². The molecule has 168 valence electrons. The van der Waals surface area contributed by atoms with Crippen molar-refractivity contribution in [3.05, 3.63) is 99.6 Å². The zero-order valence-corrected chi connectivity index (χ0v) is 18.7. The third-order valence-corrected chi connectivity index (χ3v) is 5.62. The third kappa shape index (κ3) is 4.95. The van der Waals surface area contributed by atoms with Crippen LogP contribution in [0.3, 0.4) is 0 Å². The monoisotopic (exact) mass is 442 g/mol. The number of carboxylic acids is 1. The first kappa shape index (κ1) is 22.3. The van der Waals surface area contributed by atoms with Crippen LogP contribution in [0.15, 0.2) is 71.5 Å². The zero-order valence-electron chi connectivity index (χ0n) is 18.7. The molecule has 0 aliphatic carbocycles. The Hall–Kier alpha value is -3.93. The van der Waals surface area contributed by atoms with Crippen molar-refractivity contribution < 1.29 is 14.6 Å². The summed E-state index contributed by atoms with van der Waals surface area (Å²) in [5.74, 6) is 0.215. The number of aliphatic carboxylic acids is 1. The number of fused-ring (bicyclic) bond motifs is 1. The molecule has 0 unspecified atom stereocenters. The Labute approximate surface area is 192 Å². The molecule has 0 radical (unpaired) electrons. The van der Waals surface area contributed by atoms with Crippen LogP contribution in [-0.2, 0) is 30.6 Å². The van der Waals surface area contributed by atoms with Crippen molar-refractivity contribution in [2.24, 2.45) is 0 Å². The van der Waals surface area contributed by atoms with Gasteiger partial charge in [-0.3, -0.25) is 14.6 Å². The molecule has 2 heterocycles. The van der Waals surface area contributed by atoms with Gasteiger partial charge in [-0.1, -0.05) is 44.2 Å². The van der Waals surface area contributed by atoms with E-state index in [0.717, 1.165) is 40.7 Å². The number of benzene rings is 2. The van der Waals surface area contributed by atoms with Gasteiger partial charge < -0.3 is 14.4 Å². The molecular weight excluding hydrogens is 416 g/mol. The Bertz CT molecular complexity index is 1360. The largest absolute Gasteiger partial charge is 0.481 e. The highest BCUT2D eigenvalue weighted by atomic mass is 16.5. The van der Waals surface area contributed by atoms with Gasteiger partial charge in [0.1, 0.15) is 11.5 Å². The van der Waals surface area contributed by atoms with Gasteiger partial charge in [0.25, 0.3) is 5.56 Å². The number of nitrogens with zero attached hydrogens (tertiary/aromatic N) is 2. The standard InChI is InChI=1S/C27H26N2O4/c1-3-20-16-24-22(23(4-2)28-20)13-14-26(30)29(24)17-18-9-11-21(12-10-18)33-25-8-6-5-7-19(25)15-27(31)32/h5-14,16H,3-4,15,17H2,1-2H3,(H,31,32). The van der Waals surface area contributed by atoms with Crippen LogP contribution in [0.4, 0.5) is 0 Å². The summed E-state index contributed by atoms with van der Waals surface area (Å²) < 4.78 is 7.72. The Morgan fingerprint density at radius 2 is 1.76 bits per heavy atom. The molecule has 6 nitrogen and oxygen atoms in total. The second kappa shape index (κ2) is 9.69. The Kier molecular flexibility index (Phi) is 6.54. The lowest BCUT2D eigenvalue weighted by molar-refractivity contribution is -0.136. The fraction of sp³-hybridized carbons (Fsp3) is 0.222. The first-order chi connectivity index (χ1) is 16.0. The van der Waals surface area contributed by atoms with E-state index in [1.165, 1.54) is 0 Å². The van der Waals surface area contributed by atoms with Gasteiger partial charge in [-0.05, 0) is 48.7 Å². The summed E-state index contributed by atoms with van der Waals surface area (Å²) in [6.07, 6.45) is 1.51. The van der Waals surface area contributed by atoms with Gasteiger partial charge in [0, 0.05) is 28.4 Å². The Balaban J connectivity index is 1.62. The molecule has 6 heteroatoms. The molecule has 0 atom stereocenters. The van der Waals surface area contributed by atoms with Crippen molar-refractivity contribution in [3.63, 3.8) is 0 Å². The summed E-state index contributed by atoms with van der Waals surface area (Å²) in [4.78, 5) is 28.6. The molecule has 1 N–H and O–H groups in total. The minimum atomic E-state index is -0.908. The van der Waals surface area contributed by atoms with Crippen LogP contribution in [0, 0.1) is 0 Å². The van der Waals surface area contributed by atoms with Crippen LogP contribution in [0.5, 0.6) is 11.5 Å². The van der Waals surface area contributed by atoms with Gasteiger partial charge in [0.15, 0.2) is 0 Å². The predicted molar refractivity (Wildman–Crippen MR) is 128 cm³/mol. The normalized spacial score (nSPS) is 11.0. The van der Waals surface area contributed by atoms with E-state index < -0.39 is 5.97 Å². The summed E-state index contributed by atoms with van der Waals surface area (Å²) >= 11 is 0. The molecule has 4 rings (SSSR count). The van der Waals surface area contributed by atoms with Gasteiger partial charge in [-0.25, -0.2) is 0 Å². The topological polar surface area (TPSA) is 81.4 Å². The average Bonchev–Trinajstić information content (AvgIpc) is 2.82. The van der Waals surface area contributed by atoms with Gasteiger partial charge >= 0.3 is 5.97 Å².